The van der Waals surface area contributed by atoms with E-state index in [0.29, 0.717) is 0 Å². The van der Waals surface area contributed by atoms with Gasteiger partial charge in [-0.25, -0.2) is 0 Å². The van der Waals surface area contributed by atoms with E-state index in [9.17, 15) is 4.79 Å². The van der Waals surface area contributed by atoms with Gasteiger partial charge in [-0.05, 0) is 19.1 Å². The third-order valence-corrected chi connectivity index (χ3v) is 1.90. The molecule has 0 saturated carbocycles. The lowest BCUT2D eigenvalue weighted by Gasteiger charge is -1.96. The van der Waals surface area contributed by atoms with E-state index in [2.05, 4.69) is 10.3 Å². The smallest absolute Gasteiger partial charge is 0.233 e. The summed E-state index contributed by atoms with van der Waals surface area (Å²) >= 11 is 0. The quantitative estimate of drug-likeness (QED) is 0.599. The van der Waals surface area contributed by atoms with E-state index < -0.39 is 0 Å². The highest BCUT2D eigenvalue weighted by Gasteiger charge is 2.26. The highest BCUT2D eigenvalue weighted by Crippen LogP contribution is 2.28. The molecule has 0 saturated heterocycles. The first-order chi connectivity index (χ1) is 5.29. The average molecular weight is 148 g/mol. The van der Waals surface area contributed by atoms with E-state index in [1.54, 1.807) is 6.20 Å². The summed E-state index contributed by atoms with van der Waals surface area (Å²) in [6.45, 7) is 1.86. The maximum atomic E-state index is 11.1. The van der Waals surface area contributed by atoms with Crippen LogP contribution in [0.2, 0.25) is 0 Å². The molecule has 0 radical (unpaired) electrons. The van der Waals surface area contributed by atoms with Crippen LogP contribution in [0.1, 0.15) is 18.5 Å². The molecule has 0 aliphatic carbocycles. The Morgan fingerprint density at radius 2 is 2.45 bits per heavy atom. The first kappa shape index (κ1) is 6.34. The van der Waals surface area contributed by atoms with Crippen LogP contribution in [-0.2, 0) is 4.79 Å². The number of fused-ring (bicyclic) bond motifs is 1. The van der Waals surface area contributed by atoms with E-state index in [4.69, 9.17) is 0 Å². The summed E-state index contributed by atoms with van der Waals surface area (Å²) in [6.07, 6.45) is 1.70. The van der Waals surface area contributed by atoms with Gasteiger partial charge in [-0.3, -0.25) is 9.78 Å². The molecule has 1 N–H and O–H groups in total. The van der Waals surface area contributed by atoms with Crippen LogP contribution in [0.4, 0.5) is 5.69 Å². The summed E-state index contributed by atoms with van der Waals surface area (Å²) in [7, 11) is 0. The van der Waals surface area contributed by atoms with Gasteiger partial charge in [-0.2, -0.15) is 0 Å². The van der Waals surface area contributed by atoms with Crippen molar-refractivity contribution in [1.29, 1.82) is 0 Å². The van der Waals surface area contributed by atoms with Gasteiger partial charge in [0, 0.05) is 6.20 Å². The van der Waals surface area contributed by atoms with Gasteiger partial charge in [0.15, 0.2) is 0 Å². The van der Waals surface area contributed by atoms with Gasteiger partial charge in [-0.1, -0.05) is 0 Å². The number of aromatic nitrogens is 1. The molecule has 2 heterocycles. The van der Waals surface area contributed by atoms with E-state index in [1.165, 1.54) is 0 Å². The fourth-order valence-corrected chi connectivity index (χ4v) is 1.23. The molecule has 3 nitrogen and oxygen atoms in total. The third-order valence-electron chi connectivity index (χ3n) is 1.90. The van der Waals surface area contributed by atoms with Crippen molar-refractivity contribution in [2.45, 2.75) is 12.8 Å². The Morgan fingerprint density at radius 1 is 1.64 bits per heavy atom. The van der Waals surface area contributed by atoms with Crippen LogP contribution in [0.5, 0.6) is 0 Å². The number of nitrogens with one attached hydrogen (secondary N) is 1. The monoisotopic (exact) mass is 148 g/mol. The van der Waals surface area contributed by atoms with Crippen molar-refractivity contribution in [3.05, 3.63) is 24.0 Å². The number of anilines is 1. The lowest BCUT2D eigenvalue weighted by molar-refractivity contribution is -0.116. The Labute approximate surface area is 64.5 Å². The summed E-state index contributed by atoms with van der Waals surface area (Å²) in [5, 5.41) is 2.75. The van der Waals surface area contributed by atoms with E-state index in [0.717, 1.165) is 11.4 Å². The molecule has 0 bridgehead atoms. The molecular formula is C8H8N2O. The minimum absolute atomic E-state index is 0.0405. The van der Waals surface area contributed by atoms with Crippen LogP contribution in [0.3, 0.4) is 0 Å². The molecule has 2 rings (SSSR count). The number of rotatable bonds is 0. The molecule has 11 heavy (non-hydrogen) atoms. The molecule has 56 valence electrons. The van der Waals surface area contributed by atoms with Crippen LogP contribution in [0.25, 0.3) is 0 Å². The Hall–Kier alpha value is -1.38. The van der Waals surface area contributed by atoms with Gasteiger partial charge >= 0.3 is 0 Å². The van der Waals surface area contributed by atoms with Gasteiger partial charge in [0.2, 0.25) is 5.91 Å². The standard InChI is InChI=1S/C8H8N2O/c1-5-7-6(10-8(5)11)3-2-4-9-7/h2-5H,1H3,(H,10,11). The summed E-state index contributed by atoms with van der Waals surface area (Å²) in [6, 6.07) is 3.68. The predicted octanol–water partition coefficient (Wildman–Crippen LogP) is 1.14. The highest BCUT2D eigenvalue weighted by atomic mass is 16.2. The van der Waals surface area contributed by atoms with Gasteiger partial charge < -0.3 is 5.32 Å². The SMILES string of the molecule is CC1C(=O)Nc2cccnc21. The maximum absolute atomic E-state index is 11.1. The van der Waals surface area contributed by atoms with Crippen LogP contribution < -0.4 is 5.32 Å². The minimum Gasteiger partial charge on any atom is -0.324 e. The van der Waals surface area contributed by atoms with Crippen molar-refractivity contribution in [2.75, 3.05) is 5.32 Å². The largest absolute Gasteiger partial charge is 0.324 e. The molecule has 1 aromatic heterocycles. The van der Waals surface area contributed by atoms with Gasteiger partial charge in [0.05, 0.1) is 17.3 Å². The predicted molar refractivity (Wildman–Crippen MR) is 41.3 cm³/mol. The molecule has 1 aromatic rings. The molecule has 0 fully saturated rings. The first-order valence-electron chi connectivity index (χ1n) is 3.55. The van der Waals surface area contributed by atoms with Gasteiger partial charge in [-0.15, -0.1) is 0 Å². The van der Waals surface area contributed by atoms with Crippen molar-refractivity contribution < 1.29 is 4.79 Å². The molecule has 1 aliphatic rings. The zero-order valence-electron chi connectivity index (χ0n) is 6.16. The topological polar surface area (TPSA) is 42.0 Å². The molecule has 0 aromatic carbocycles. The number of pyridine rings is 1. The Kier molecular flexibility index (Phi) is 1.18. The molecule has 1 amide bonds. The highest BCUT2D eigenvalue weighted by molar-refractivity contribution is 6.01. The lowest BCUT2D eigenvalue weighted by Crippen LogP contribution is -2.08. The number of carbonyl (C=O) groups excluding carboxylic acids is 1. The van der Waals surface area contributed by atoms with Gasteiger partial charge in [0.25, 0.3) is 0 Å². The zero-order valence-corrected chi connectivity index (χ0v) is 6.16. The summed E-state index contributed by atoms with van der Waals surface area (Å²) in [4.78, 5) is 15.2. The minimum atomic E-state index is -0.0915. The Balaban J connectivity index is 2.55. The van der Waals surface area contributed by atoms with Crippen molar-refractivity contribution in [3.8, 4) is 0 Å². The summed E-state index contributed by atoms with van der Waals surface area (Å²) in [5.74, 6) is -0.0510. The van der Waals surface area contributed by atoms with Crippen LogP contribution >= 0.6 is 0 Å². The van der Waals surface area contributed by atoms with Crippen molar-refractivity contribution in [1.82, 2.24) is 4.98 Å². The van der Waals surface area contributed by atoms with E-state index >= 15 is 0 Å². The number of hydrogen-bond acceptors (Lipinski definition) is 2. The van der Waals surface area contributed by atoms with Crippen LogP contribution in [-0.4, -0.2) is 10.9 Å². The summed E-state index contributed by atoms with van der Waals surface area (Å²) < 4.78 is 0. The number of nitrogens with zero attached hydrogens (tertiary/aromatic N) is 1. The molecule has 0 spiro atoms. The second kappa shape index (κ2) is 2.05. The molecule has 1 unspecified atom stereocenters. The first-order valence-corrected chi connectivity index (χ1v) is 3.55. The Morgan fingerprint density at radius 3 is 3.18 bits per heavy atom. The van der Waals surface area contributed by atoms with Crippen molar-refractivity contribution >= 4 is 11.6 Å². The van der Waals surface area contributed by atoms with Gasteiger partial charge in [0.1, 0.15) is 0 Å². The fourth-order valence-electron chi connectivity index (χ4n) is 1.23. The fraction of sp³-hybridized carbons (Fsp3) is 0.250. The number of amides is 1. The lowest BCUT2D eigenvalue weighted by atomic mass is 10.1. The zero-order chi connectivity index (χ0) is 7.84. The van der Waals surface area contributed by atoms with Crippen LogP contribution in [0.15, 0.2) is 18.3 Å². The van der Waals surface area contributed by atoms with Crippen molar-refractivity contribution in [2.24, 2.45) is 0 Å². The summed E-state index contributed by atoms with van der Waals surface area (Å²) in [5.41, 5.74) is 1.71. The molecule has 1 aliphatic heterocycles. The van der Waals surface area contributed by atoms with E-state index in [1.807, 2.05) is 19.1 Å². The second-order valence-corrected chi connectivity index (χ2v) is 2.65. The Bertz CT molecular complexity index is 309. The normalized spacial score (nSPS) is 21.2. The average Bonchev–Trinajstić information content (AvgIpc) is 2.30. The van der Waals surface area contributed by atoms with E-state index in [-0.39, 0.29) is 11.8 Å². The number of carbonyl (C=O) groups is 1. The second-order valence-electron chi connectivity index (χ2n) is 2.65. The molecule has 1 atom stereocenters. The third kappa shape index (κ3) is 0.808. The number of hydrogen-bond donors (Lipinski definition) is 1. The molecule has 3 heteroatoms. The van der Waals surface area contributed by atoms with Crippen molar-refractivity contribution in [3.63, 3.8) is 0 Å². The molecular weight excluding hydrogens is 140 g/mol. The van der Waals surface area contributed by atoms with Crippen LogP contribution in [0, 0.1) is 0 Å². The maximum Gasteiger partial charge on any atom is 0.233 e.